The van der Waals surface area contributed by atoms with Gasteiger partial charge in [-0.15, -0.1) is 11.3 Å². The minimum absolute atomic E-state index is 0.0608. The van der Waals surface area contributed by atoms with Gasteiger partial charge in [0.05, 0.1) is 16.4 Å². The molecule has 1 N–H and O–H groups in total. The molecular weight excluding hydrogens is 314 g/mol. The molecule has 1 fully saturated rings. The van der Waals surface area contributed by atoms with E-state index in [9.17, 15) is 13.2 Å². The van der Waals surface area contributed by atoms with Crippen LogP contribution in [0.15, 0.2) is 15.9 Å². The van der Waals surface area contributed by atoms with Crippen LogP contribution >= 0.6 is 27.3 Å². The first-order chi connectivity index (χ1) is 7.46. The van der Waals surface area contributed by atoms with Crippen molar-refractivity contribution in [3.05, 3.63) is 20.8 Å². The van der Waals surface area contributed by atoms with Crippen LogP contribution in [0, 0.1) is 0 Å². The number of amides is 1. The molecule has 0 aromatic carbocycles. The monoisotopic (exact) mass is 323 g/mol. The average molecular weight is 324 g/mol. The number of thiophene rings is 1. The number of sulfone groups is 1. The summed E-state index contributed by atoms with van der Waals surface area (Å²) in [6.07, 6.45) is 0.515. The summed E-state index contributed by atoms with van der Waals surface area (Å²) >= 11 is 4.60. The van der Waals surface area contributed by atoms with E-state index in [1.165, 1.54) is 11.3 Å². The first kappa shape index (κ1) is 12.1. The number of rotatable bonds is 2. The van der Waals surface area contributed by atoms with Crippen LogP contribution in [0.25, 0.3) is 0 Å². The number of nitrogens with one attached hydrogen (secondary N) is 1. The Balaban J connectivity index is 1.99. The average Bonchev–Trinajstić information content (AvgIpc) is 2.73. The van der Waals surface area contributed by atoms with Gasteiger partial charge in [-0.25, -0.2) is 8.42 Å². The van der Waals surface area contributed by atoms with Gasteiger partial charge in [0.2, 0.25) is 0 Å². The quantitative estimate of drug-likeness (QED) is 0.895. The molecule has 2 rings (SSSR count). The molecule has 1 atom stereocenters. The number of hydrogen-bond donors (Lipinski definition) is 1. The van der Waals surface area contributed by atoms with E-state index >= 15 is 0 Å². The minimum atomic E-state index is -2.94. The highest BCUT2D eigenvalue weighted by atomic mass is 79.9. The highest BCUT2D eigenvalue weighted by Crippen LogP contribution is 2.20. The second-order valence-electron chi connectivity index (χ2n) is 3.70. The fraction of sp³-hybridized carbons (Fsp3) is 0.444. The molecule has 2 heterocycles. The Kier molecular flexibility index (Phi) is 3.37. The first-order valence-electron chi connectivity index (χ1n) is 4.71. The summed E-state index contributed by atoms with van der Waals surface area (Å²) < 4.78 is 23.3. The predicted octanol–water partition coefficient (Wildman–Crippen LogP) is 1.43. The van der Waals surface area contributed by atoms with Crippen LogP contribution in [0.5, 0.6) is 0 Å². The number of carbonyl (C=O) groups is 1. The third-order valence-electron chi connectivity index (χ3n) is 2.36. The van der Waals surface area contributed by atoms with Crippen molar-refractivity contribution in [3.63, 3.8) is 0 Å². The lowest BCUT2D eigenvalue weighted by Gasteiger charge is -2.08. The fourth-order valence-electron chi connectivity index (χ4n) is 1.60. The molecule has 1 aromatic rings. The molecule has 16 heavy (non-hydrogen) atoms. The number of carbonyl (C=O) groups excluding carboxylic acids is 1. The second-order valence-corrected chi connectivity index (χ2v) is 7.76. The zero-order chi connectivity index (χ0) is 11.8. The van der Waals surface area contributed by atoms with E-state index in [2.05, 4.69) is 21.2 Å². The molecule has 0 saturated carbocycles. The SMILES string of the molecule is O=C(NC1CCS(=O)(=O)C1)c1cc(Br)cs1. The van der Waals surface area contributed by atoms with Crippen molar-refractivity contribution in [2.45, 2.75) is 12.5 Å². The molecular formula is C9H10BrNO3S2. The zero-order valence-electron chi connectivity index (χ0n) is 8.27. The van der Waals surface area contributed by atoms with Crippen molar-refractivity contribution >= 4 is 43.0 Å². The molecule has 1 saturated heterocycles. The largest absolute Gasteiger partial charge is 0.348 e. The smallest absolute Gasteiger partial charge is 0.261 e. The predicted molar refractivity (Wildman–Crippen MR) is 66.5 cm³/mol. The molecule has 4 nitrogen and oxygen atoms in total. The molecule has 1 amide bonds. The highest BCUT2D eigenvalue weighted by Gasteiger charge is 2.29. The van der Waals surface area contributed by atoms with Gasteiger partial charge in [0, 0.05) is 15.9 Å². The van der Waals surface area contributed by atoms with E-state index in [4.69, 9.17) is 0 Å². The van der Waals surface area contributed by atoms with Gasteiger partial charge in [0.25, 0.3) is 5.91 Å². The Labute approximate surface area is 106 Å². The Morgan fingerprint density at radius 3 is 2.81 bits per heavy atom. The topological polar surface area (TPSA) is 63.2 Å². The maximum absolute atomic E-state index is 11.7. The van der Waals surface area contributed by atoms with Gasteiger partial charge in [-0.3, -0.25) is 4.79 Å². The lowest BCUT2D eigenvalue weighted by molar-refractivity contribution is 0.0945. The highest BCUT2D eigenvalue weighted by molar-refractivity contribution is 9.10. The standard InChI is InChI=1S/C9H10BrNO3S2/c10-6-3-8(15-4-6)9(12)11-7-1-2-16(13,14)5-7/h3-4,7H,1-2,5H2,(H,11,12). The molecule has 0 spiro atoms. The minimum Gasteiger partial charge on any atom is -0.348 e. The van der Waals surface area contributed by atoms with Gasteiger partial charge >= 0.3 is 0 Å². The van der Waals surface area contributed by atoms with E-state index < -0.39 is 9.84 Å². The van der Waals surface area contributed by atoms with Crippen molar-refractivity contribution in [3.8, 4) is 0 Å². The Morgan fingerprint density at radius 1 is 1.56 bits per heavy atom. The lowest BCUT2D eigenvalue weighted by Crippen LogP contribution is -2.35. The molecule has 1 aliphatic heterocycles. The van der Waals surface area contributed by atoms with E-state index in [-0.39, 0.29) is 23.5 Å². The van der Waals surface area contributed by atoms with Crippen LogP contribution in [0.4, 0.5) is 0 Å². The van der Waals surface area contributed by atoms with Gasteiger partial charge in [0.15, 0.2) is 9.84 Å². The summed E-state index contributed by atoms with van der Waals surface area (Å²) in [5, 5.41) is 4.56. The second kappa shape index (κ2) is 4.46. The van der Waals surface area contributed by atoms with Gasteiger partial charge in [-0.05, 0) is 28.4 Å². The van der Waals surface area contributed by atoms with Crippen LogP contribution in [0.1, 0.15) is 16.1 Å². The summed E-state index contributed by atoms with van der Waals surface area (Å²) in [5.74, 6) is 0.0370. The Hall–Kier alpha value is -0.400. The van der Waals surface area contributed by atoms with E-state index in [1.54, 1.807) is 6.07 Å². The summed E-state index contributed by atoms with van der Waals surface area (Å²) in [6, 6.07) is 1.49. The third-order valence-corrected chi connectivity index (χ3v) is 5.82. The van der Waals surface area contributed by atoms with Crippen LogP contribution in [0.3, 0.4) is 0 Å². The molecule has 1 aromatic heterocycles. The molecule has 0 radical (unpaired) electrons. The molecule has 1 unspecified atom stereocenters. The van der Waals surface area contributed by atoms with Crippen molar-refractivity contribution in [1.82, 2.24) is 5.32 Å². The summed E-state index contributed by atoms with van der Waals surface area (Å²) in [7, 11) is -2.94. The first-order valence-corrected chi connectivity index (χ1v) is 8.21. The number of hydrogen-bond acceptors (Lipinski definition) is 4. The van der Waals surface area contributed by atoms with Crippen molar-refractivity contribution in [1.29, 1.82) is 0 Å². The normalized spacial score (nSPS) is 23.2. The van der Waals surface area contributed by atoms with Gasteiger partial charge in [-0.1, -0.05) is 0 Å². The van der Waals surface area contributed by atoms with E-state index in [1.807, 2.05) is 5.38 Å². The molecule has 0 aliphatic carbocycles. The van der Waals surface area contributed by atoms with Crippen molar-refractivity contribution in [2.75, 3.05) is 11.5 Å². The Morgan fingerprint density at radius 2 is 2.31 bits per heavy atom. The van der Waals surface area contributed by atoms with Gasteiger partial charge in [0.1, 0.15) is 0 Å². The van der Waals surface area contributed by atoms with Crippen LogP contribution in [-0.4, -0.2) is 31.9 Å². The summed E-state index contributed by atoms with van der Waals surface area (Å²) in [4.78, 5) is 12.3. The van der Waals surface area contributed by atoms with Crippen molar-refractivity contribution < 1.29 is 13.2 Å². The van der Waals surface area contributed by atoms with Crippen LogP contribution in [-0.2, 0) is 9.84 Å². The third kappa shape index (κ3) is 2.83. The van der Waals surface area contributed by atoms with Crippen LogP contribution in [0.2, 0.25) is 0 Å². The van der Waals surface area contributed by atoms with Gasteiger partial charge in [-0.2, -0.15) is 0 Å². The summed E-state index contributed by atoms with van der Waals surface area (Å²) in [5.41, 5.74) is 0. The molecule has 0 bridgehead atoms. The molecule has 1 aliphatic rings. The summed E-state index contributed by atoms with van der Waals surface area (Å²) in [6.45, 7) is 0. The van der Waals surface area contributed by atoms with E-state index in [0.29, 0.717) is 11.3 Å². The number of halogens is 1. The van der Waals surface area contributed by atoms with Crippen molar-refractivity contribution in [2.24, 2.45) is 0 Å². The van der Waals surface area contributed by atoms with Gasteiger partial charge < -0.3 is 5.32 Å². The Bertz CT molecular complexity index is 509. The molecule has 7 heteroatoms. The van der Waals surface area contributed by atoms with Crippen LogP contribution < -0.4 is 5.32 Å². The maximum atomic E-state index is 11.7. The fourth-order valence-corrected chi connectivity index (χ4v) is 4.60. The zero-order valence-corrected chi connectivity index (χ0v) is 11.5. The maximum Gasteiger partial charge on any atom is 0.261 e. The molecule has 88 valence electrons. The van der Waals surface area contributed by atoms with E-state index in [0.717, 1.165) is 4.47 Å². The lowest BCUT2D eigenvalue weighted by atomic mass is 10.2.